The van der Waals surface area contributed by atoms with Gasteiger partial charge in [-0.15, -0.1) is 0 Å². The summed E-state index contributed by atoms with van der Waals surface area (Å²) in [5.41, 5.74) is 2.21. The quantitative estimate of drug-likeness (QED) is 0.430. The number of ether oxygens (including phenoxy) is 2. The summed E-state index contributed by atoms with van der Waals surface area (Å²) in [7, 11) is 3.11. The molecule has 8 heteroatoms. The van der Waals surface area contributed by atoms with Crippen LogP contribution < -0.4 is 14.8 Å². The van der Waals surface area contributed by atoms with Crippen LogP contribution in [-0.2, 0) is 4.79 Å². The standard InChI is InChI=1S/C21H19BrN4O3/c1-12(13-4-5-18(28-2)19(7-13)29-3)26-21(27)14(9-23)6-15-10-24-20-17(15)8-16(22)11-25-20/h4-8,10-12H,1-3H3,(H,24,25)(H,26,27)/b14-6+/t12-/m1/s1. The van der Waals surface area contributed by atoms with E-state index in [-0.39, 0.29) is 11.6 Å². The van der Waals surface area contributed by atoms with Gasteiger partial charge in [0.1, 0.15) is 17.3 Å². The third-order valence-electron chi connectivity index (χ3n) is 4.45. The van der Waals surface area contributed by atoms with Gasteiger partial charge >= 0.3 is 0 Å². The van der Waals surface area contributed by atoms with Crippen molar-refractivity contribution in [1.29, 1.82) is 5.26 Å². The minimum atomic E-state index is -0.466. The molecule has 3 aromatic rings. The van der Waals surface area contributed by atoms with Crippen molar-refractivity contribution in [3.05, 3.63) is 57.8 Å². The molecule has 1 aromatic carbocycles. The van der Waals surface area contributed by atoms with Crippen LogP contribution in [0.2, 0.25) is 0 Å². The lowest BCUT2D eigenvalue weighted by Gasteiger charge is -2.16. The number of benzene rings is 1. The van der Waals surface area contributed by atoms with Crippen molar-refractivity contribution in [3.8, 4) is 17.6 Å². The number of aromatic amines is 1. The average molecular weight is 455 g/mol. The Hall–Kier alpha value is -3.31. The van der Waals surface area contributed by atoms with Crippen LogP contribution in [0, 0.1) is 11.3 Å². The number of nitriles is 1. The Balaban J connectivity index is 1.83. The third-order valence-corrected chi connectivity index (χ3v) is 4.88. The summed E-state index contributed by atoms with van der Waals surface area (Å²) in [6, 6.07) is 8.92. The highest BCUT2D eigenvalue weighted by atomic mass is 79.9. The van der Waals surface area contributed by atoms with Crippen molar-refractivity contribution in [2.75, 3.05) is 14.2 Å². The number of rotatable bonds is 6. The molecule has 29 heavy (non-hydrogen) atoms. The Morgan fingerprint density at radius 1 is 1.31 bits per heavy atom. The monoisotopic (exact) mass is 454 g/mol. The molecular formula is C21H19BrN4O3. The van der Waals surface area contributed by atoms with Gasteiger partial charge in [0.05, 0.1) is 20.3 Å². The van der Waals surface area contributed by atoms with E-state index >= 15 is 0 Å². The Bertz CT molecular complexity index is 1130. The number of nitrogens with zero attached hydrogens (tertiary/aromatic N) is 2. The van der Waals surface area contributed by atoms with Crippen LogP contribution in [0.4, 0.5) is 0 Å². The topological polar surface area (TPSA) is 100 Å². The maximum atomic E-state index is 12.7. The predicted octanol–water partition coefficient (Wildman–Crippen LogP) is 4.13. The van der Waals surface area contributed by atoms with Crippen LogP contribution in [-0.4, -0.2) is 30.1 Å². The maximum absolute atomic E-state index is 12.7. The number of pyridine rings is 1. The molecule has 0 spiro atoms. The molecule has 0 aliphatic carbocycles. The van der Waals surface area contributed by atoms with E-state index in [0.717, 1.165) is 15.4 Å². The molecule has 1 amide bonds. The molecule has 148 valence electrons. The zero-order valence-corrected chi connectivity index (χ0v) is 17.7. The smallest absolute Gasteiger partial charge is 0.262 e. The van der Waals surface area contributed by atoms with Crippen molar-refractivity contribution in [2.45, 2.75) is 13.0 Å². The van der Waals surface area contributed by atoms with E-state index in [9.17, 15) is 10.1 Å². The molecule has 0 unspecified atom stereocenters. The molecule has 0 aliphatic heterocycles. The van der Waals surface area contributed by atoms with Gasteiger partial charge in [-0.05, 0) is 52.7 Å². The summed E-state index contributed by atoms with van der Waals surface area (Å²) in [5.74, 6) is 0.706. The van der Waals surface area contributed by atoms with E-state index in [1.807, 2.05) is 25.1 Å². The minimum Gasteiger partial charge on any atom is -0.493 e. The zero-order chi connectivity index (χ0) is 21.0. The van der Waals surface area contributed by atoms with Crippen LogP contribution in [0.5, 0.6) is 11.5 Å². The number of hydrogen-bond acceptors (Lipinski definition) is 5. The first-order valence-electron chi connectivity index (χ1n) is 8.74. The summed E-state index contributed by atoms with van der Waals surface area (Å²) >= 11 is 3.38. The molecule has 0 saturated carbocycles. The van der Waals surface area contributed by atoms with Crippen LogP contribution in [0.3, 0.4) is 0 Å². The van der Waals surface area contributed by atoms with E-state index in [2.05, 4.69) is 31.2 Å². The summed E-state index contributed by atoms with van der Waals surface area (Å²) in [4.78, 5) is 20.0. The molecular weight excluding hydrogens is 436 g/mol. The van der Waals surface area contributed by atoms with E-state index in [1.54, 1.807) is 44.8 Å². The number of methoxy groups -OCH3 is 2. The molecule has 0 saturated heterocycles. The lowest BCUT2D eigenvalue weighted by atomic mass is 10.1. The maximum Gasteiger partial charge on any atom is 0.262 e. The minimum absolute atomic E-state index is 0.00166. The molecule has 0 radical (unpaired) electrons. The van der Waals surface area contributed by atoms with Crippen molar-refractivity contribution < 1.29 is 14.3 Å². The number of hydrogen-bond donors (Lipinski definition) is 2. The van der Waals surface area contributed by atoms with Crippen LogP contribution in [0.15, 0.2) is 46.7 Å². The van der Waals surface area contributed by atoms with Gasteiger partial charge in [-0.2, -0.15) is 5.26 Å². The van der Waals surface area contributed by atoms with E-state index < -0.39 is 5.91 Å². The van der Waals surface area contributed by atoms with E-state index in [1.165, 1.54) is 0 Å². The lowest BCUT2D eigenvalue weighted by molar-refractivity contribution is -0.117. The van der Waals surface area contributed by atoms with E-state index in [0.29, 0.717) is 22.7 Å². The van der Waals surface area contributed by atoms with Gasteiger partial charge in [0.25, 0.3) is 5.91 Å². The molecule has 2 N–H and O–H groups in total. The lowest BCUT2D eigenvalue weighted by Crippen LogP contribution is -2.27. The number of carbonyl (C=O) groups is 1. The van der Waals surface area contributed by atoms with Crippen molar-refractivity contribution in [1.82, 2.24) is 15.3 Å². The second-order valence-electron chi connectivity index (χ2n) is 6.27. The van der Waals surface area contributed by atoms with Gasteiger partial charge in [0, 0.05) is 27.8 Å². The average Bonchev–Trinajstić information content (AvgIpc) is 3.12. The van der Waals surface area contributed by atoms with Gasteiger partial charge in [-0.25, -0.2) is 4.98 Å². The van der Waals surface area contributed by atoms with Crippen molar-refractivity contribution in [3.63, 3.8) is 0 Å². The molecule has 0 aliphatic rings. The summed E-state index contributed by atoms with van der Waals surface area (Å²) in [5, 5.41) is 13.2. The SMILES string of the molecule is COc1ccc([C@@H](C)NC(=O)/C(C#N)=C/c2c[nH]c3ncc(Br)cc23)cc1OC. The van der Waals surface area contributed by atoms with Gasteiger partial charge in [0.15, 0.2) is 11.5 Å². The molecule has 7 nitrogen and oxygen atoms in total. The molecule has 2 aromatic heterocycles. The van der Waals surface area contributed by atoms with Crippen molar-refractivity contribution in [2.24, 2.45) is 0 Å². The predicted molar refractivity (Wildman–Crippen MR) is 113 cm³/mol. The number of nitrogens with one attached hydrogen (secondary N) is 2. The van der Waals surface area contributed by atoms with Gasteiger partial charge < -0.3 is 19.8 Å². The Kier molecular flexibility index (Phi) is 6.20. The number of halogens is 1. The first-order valence-corrected chi connectivity index (χ1v) is 9.53. The van der Waals surface area contributed by atoms with Gasteiger partial charge in [-0.3, -0.25) is 4.79 Å². The molecule has 0 bridgehead atoms. The summed E-state index contributed by atoms with van der Waals surface area (Å²) in [6.45, 7) is 1.83. The Labute approximate surface area is 176 Å². The van der Waals surface area contributed by atoms with Crippen molar-refractivity contribution >= 4 is 38.9 Å². The number of fused-ring (bicyclic) bond motifs is 1. The van der Waals surface area contributed by atoms with Gasteiger partial charge in [-0.1, -0.05) is 6.07 Å². The normalized spacial score (nSPS) is 12.3. The highest BCUT2D eigenvalue weighted by molar-refractivity contribution is 9.10. The van der Waals surface area contributed by atoms with E-state index in [4.69, 9.17) is 9.47 Å². The molecule has 0 fully saturated rings. The highest BCUT2D eigenvalue weighted by Crippen LogP contribution is 2.30. The number of H-pyrrole nitrogens is 1. The number of carbonyl (C=O) groups excluding carboxylic acids is 1. The van der Waals surface area contributed by atoms with Crippen LogP contribution >= 0.6 is 15.9 Å². The molecule has 3 rings (SSSR count). The van der Waals surface area contributed by atoms with Gasteiger partial charge in [0.2, 0.25) is 0 Å². The highest BCUT2D eigenvalue weighted by Gasteiger charge is 2.16. The fourth-order valence-electron chi connectivity index (χ4n) is 2.90. The second kappa shape index (κ2) is 8.80. The largest absolute Gasteiger partial charge is 0.493 e. The van der Waals surface area contributed by atoms with Crippen LogP contribution in [0.25, 0.3) is 17.1 Å². The third kappa shape index (κ3) is 4.41. The fraction of sp³-hybridized carbons (Fsp3) is 0.190. The van der Waals surface area contributed by atoms with Crippen LogP contribution in [0.1, 0.15) is 24.1 Å². The number of amides is 1. The first kappa shape index (κ1) is 20.4. The summed E-state index contributed by atoms with van der Waals surface area (Å²) < 4.78 is 11.4. The first-order chi connectivity index (χ1) is 14.0. The second-order valence-corrected chi connectivity index (χ2v) is 7.19. The fourth-order valence-corrected chi connectivity index (χ4v) is 3.23. The molecule has 2 heterocycles. The summed E-state index contributed by atoms with van der Waals surface area (Å²) in [6.07, 6.45) is 4.94. The Morgan fingerprint density at radius 2 is 2.07 bits per heavy atom. The Morgan fingerprint density at radius 3 is 2.76 bits per heavy atom. The zero-order valence-electron chi connectivity index (χ0n) is 16.1. The molecule has 1 atom stereocenters. The number of aromatic nitrogens is 2.